The molecule has 8 heteroatoms. The van der Waals surface area contributed by atoms with Crippen molar-refractivity contribution in [2.45, 2.75) is 18.4 Å². The van der Waals surface area contributed by atoms with Crippen LogP contribution in [0.3, 0.4) is 0 Å². The fourth-order valence-electron chi connectivity index (χ4n) is 1.46. The fourth-order valence-corrected chi connectivity index (χ4v) is 3.14. The second-order valence-corrected chi connectivity index (χ2v) is 6.28. The van der Waals surface area contributed by atoms with Crippen LogP contribution < -0.4 is 10.0 Å². The van der Waals surface area contributed by atoms with Crippen molar-refractivity contribution >= 4 is 26.6 Å². The first-order chi connectivity index (χ1) is 9.12. The van der Waals surface area contributed by atoms with Crippen LogP contribution >= 0.6 is 11.5 Å². The zero-order valence-electron chi connectivity index (χ0n) is 10.3. The molecule has 102 valence electrons. The highest BCUT2D eigenvalue weighted by Crippen LogP contribution is 2.17. The van der Waals surface area contributed by atoms with E-state index in [1.165, 1.54) is 6.20 Å². The minimum atomic E-state index is -3.56. The largest absolute Gasteiger partial charge is 0.313 e. The molecule has 0 amide bonds. The molecular formula is C11H14N4O2S2. The molecule has 1 aromatic heterocycles. The van der Waals surface area contributed by atoms with Crippen LogP contribution in [-0.2, 0) is 16.6 Å². The minimum Gasteiger partial charge on any atom is -0.313 e. The van der Waals surface area contributed by atoms with Gasteiger partial charge in [-0.05, 0) is 24.2 Å². The molecule has 1 heterocycles. The normalized spacial score (nSPS) is 11.4. The van der Waals surface area contributed by atoms with Crippen LogP contribution in [0, 0.1) is 0 Å². The molecule has 0 unspecified atom stereocenters. The Kier molecular flexibility index (Phi) is 4.46. The van der Waals surface area contributed by atoms with E-state index in [1.807, 2.05) is 6.92 Å². The number of hydrogen-bond donors (Lipinski definition) is 2. The predicted octanol–water partition coefficient (Wildman–Crippen LogP) is 1.45. The third-order valence-corrected chi connectivity index (χ3v) is 4.50. The summed E-state index contributed by atoms with van der Waals surface area (Å²) in [5.74, 6) is 0. The van der Waals surface area contributed by atoms with E-state index in [0.717, 1.165) is 30.2 Å². The molecule has 0 radical (unpaired) electrons. The summed E-state index contributed by atoms with van der Waals surface area (Å²) < 4.78 is 30.1. The monoisotopic (exact) mass is 298 g/mol. The number of sulfonamides is 1. The Morgan fingerprint density at radius 2 is 2.00 bits per heavy atom. The molecule has 19 heavy (non-hydrogen) atoms. The SMILES string of the molecule is CCNCc1ccc(S(=O)(=O)Nc2cnns2)cc1. The molecule has 0 bridgehead atoms. The van der Waals surface area contributed by atoms with Gasteiger partial charge in [-0.1, -0.05) is 23.5 Å². The Labute approximate surface area is 116 Å². The zero-order valence-corrected chi connectivity index (χ0v) is 12.0. The maximum atomic E-state index is 12.0. The van der Waals surface area contributed by atoms with Gasteiger partial charge in [0.15, 0.2) is 0 Å². The minimum absolute atomic E-state index is 0.223. The first kappa shape index (κ1) is 13.9. The average Bonchev–Trinajstić information content (AvgIpc) is 2.89. The summed E-state index contributed by atoms with van der Waals surface area (Å²) in [5.41, 5.74) is 1.04. The number of nitrogens with one attached hydrogen (secondary N) is 2. The lowest BCUT2D eigenvalue weighted by atomic mass is 10.2. The van der Waals surface area contributed by atoms with E-state index in [2.05, 4.69) is 19.6 Å². The van der Waals surface area contributed by atoms with Crippen LogP contribution in [0.2, 0.25) is 0 Å². The molecule has 0 spiro atoms. The summed E-state index contributed by atoms with van der Waals surface area (Å²) in [7, 11) is -3.56. The topological polar surface area (TPSA) is 84.0 Å². The van der Waals surface area contributed by atoms with E-state index in [9.17, 15) is 8.42 Å². The van der Waals surface area contributed by atoms with Crippen LogP contribution in [0.25, 0.3) is 0 Å². The average molecular weight is 298 g/mol. The number of anilines is 1. The molecule has 0 atom stereocenters. The Morgan fingerprint density at radius 3 is 2.58 bits per heavy atom. The molecule has 0 saturated carbocycles. The lowest BCUT2D eigenvalue weighted by molar-refractivity contribution is 0.601. The van der Waals surface area contributed by atoms with Gasteiger partial charge in [-0.2, -0.15) is 0 Å². The number of benzene rings is 1. The predicted molar refractivity (Wildman–Crippen MR) is 74.5 cm³/mol. The second-order valence-electron chi connectivity index (χ2n) is 3.81. The van der Waals surface area contributed by atoms with Gasteiger partial charge < -0.3 is 5.32 Å². The van der Waals surface area contributed by atoms with Crippen LogP contribution in [0.4, 0.5) is 5.00 Å². The van der Waals surface area contributed by atoms with Crippen LogP contribution in [0.1, 0.15) is 12.5 Å². The van der Waals surface area contributed by atoms with Crippen molar-refractivity contribution in [2.24, 2.45) is 0 Å². The van der Waals surface area contributed by atoms with Gasteiger partial charge in [0.05, 0.1) is 11.1 Å². The van der Waals surface area contributed by atoms with Gasteiger partial charge in [-0.25, -0.2) is 8.42 Å². The summed E-state index contributed by atoms with van der Waals surface area (Å²) >= 11 is 0.997. The van der Waals surface area contributed by atoms with Gasteiger partial charge in [0, 0.05) is 18.1 Å². The van der Waals surface area contributed by atoms with Gasteiger partial charge in [-0.3, -0.25) is 4.72 Å². The van der Waals surface area contributed by atoms with Crippen molar-refractivity contribution in [3.8, 4) is 0 Å². The quantitative estimate of drug-likeness (QED) is 0.843. The highest BCUT2D eigenvalue weighted by Gasteiger charge is 2.14. The fraction of sp³-hybridized carbons (Fsp3) is 0.273. The van der Waals surface area contributed by atoms with Crippen molar-refractivity contribution in [1.82, 2.24) is 14.9 Å². The van der Waals surface area contributed by atoms with Crippen molar-refractivity contribution in [1.29, 1.82) is 0 Å². The molecule has 0 fully saturated rings. The third-order valence-electron chi connectivity index (χ3n) is 2.41. The Bertz CT molecular complexity index is 609. The van der Waals surface area contributed by atoms with Crippen molar-refractivity contribution < 1.29 is 8.42 Å². The van der Waals surface area contributed by atoms with Crippen molar-refractivity contribution in [2.75, 3.05) is 11.3 Å². The first-order valence-corrected chi connectivity index (χ1v) is 7.97. The van der Waals surface area contributed by atoms with E-state index in [-0.39, 0.29) is 4.90 Å². The maximum absolute atomic E-state index is 12.0. The lowest BCUT2D eigenvalue weighted by Gasteiger charge is -2.06. The summed E-state index contributed by atoms with van der Waals surface area (Å²) in [6, 6.07) is 6.76. The van der Waals surface area contributed by atoms with Crippen LogP contribution in [0.5, 0.6) is 0 Å². The molecule has 0 aliphatic rings. The van der Waals surface area contributed by atoms with Gasteiger partial charge in [0.2, 0.25) is 0 Å². The molecule has 2 aromatic rings. The van der Waals surface area contributed by atoms with E-state index in [1.54, 1.807) is 24.3 Å². The zero-order chi connectivity index (χ0) is 13.7. The first-order valence-electron chi connectivity index (χ1n) is 5.71. The van der Waals surface area contributed by atoms with Crippen LogP contribution in [0.15, 0.2) is 35.4 Å². The van der Waals surface area contributed by atoms with Crippen LogP contribution in [-0.4, -0.2) is 24.5 Å². The molecule has 0 aliphatic carbocycles. The second kappa shape index (κ2) is 6.09. The molecule has 2 N–H and O–H groups in total. The standard InChI is InChI=1S/C11H14N4O2S2/c1-2-12-7-9-3-5-10(6-4-9)19(16,17)14-11-8-13-15-18-11/h3-6,8,12,14H,2,7H2,1H3. The number of nitrogens with zero attached hydrogens (tertiary/aromatic N) is 2. The summed E-state index contributed by atoms with van der Waals surface area (Å²) in [6.07, 6.45) is 1.38. The number of rotatable bonds is 6. The molecule has 2 rings (SSSR count). The third kappa shape index (κ3) is 3.72. The maximum Gasteiger partial charge on any atom is 0.262 e. The summed E-state index contributed by atoms with van der Waals surface area (Å²) in [5, 5.41) is 7.16. The van der Waals surface area contributed by atoms with Crippen molar-refractivity contribution in [3.05, 3.63) is 36.0 Å². The number of hydrogen-bond acceptors (Lipinski definition) is 6. The Hall–Kier alpha value is -1.51. The molecular weight excluding hydrogens is 284 g/mol. The van der Waals surface area contributed by atoms with E-state index < -0.39 is 10.0 Å². The Balaban J connectivity index is 2.12. The Morgan fingerprint density at radius 1 is 1.26 bits per heavy atom. The van der Waals surface area contributed by atoms with E-state index in [4.69, 9.17) is 0 Å². The number of aromatic nitrogens is 2. The van der Waals surface area contributed by atoms with Gasteiger partial charge in [0.1, 0.15) is 5.00 Å². The molecule has 6 nitrogen and oxygen atoms in total. The van der Waals surface area contributed by atoms with E-state index in [0.29, 0.717) is 5.00 Å². The van der Waals surface area contributed by atoms with Gasteiger partial charge in [0.25, 0.3) is 10.0 Å². The van der Waals surface area contributed by atoms with Crippen molar-refractivity contribution in [3.63, 3.8) is 0 Å². The molecule has 0 aliphatic heterocycles. The highest BCUT2D eigenvalue weighted by molar-refractivity contribution is 7.93. The molecule has 1 aromatic carbocycles. The van der Waals surface area contributed by atoms with Gasteiger partial charge >= 0.3 is 0 Å². The summed E-state index contributed by atoms with van der Waals surface area (Å²) in [4.78, 5) is 0.223. The molecule has 0 saturated heterocycles. The van der Waals surface area contributed by atoms with E-state index >= 15 is 0 Å². The smallest absolute Gasteiger partial charge is 0.262 e. The van der Waals surface area contributed by atoms with Gasteiger partial charge in [-0.15, -0.1) is 5.10 Å². The lowest BCUT2D eigenvalue weighted by Crippen LogP contribution is -2.13. The highest BCUT2D eigenvalue weighted by atomic mass is 32.2. The summed E-state index contributed by atoms with van der Waals surface area (Å²) in [6.45, 7) is 3.62.